The van der Waals surface area contributed by atoms with Crippen molar-refractivity contribution in [3.8, 4) is 5.75 Å². The molecule has 0 aliphatic rings. The normalized spacial score (nSPS) is 13.0. The van der Waals surface area contributed by atoms with Crippen molar-refractivity contribution in [1.82, 2.24) is 5.32 Å². The standard InChI is InChI=1S/C20H31NO5/c1-19(2,3)14-8-9-15(18(23)24-7)16(12-14)25-11-10-17(21-13-22)26-20(4,5)6/h8-9,12-13,17H,10-11H2,1-7H3,(H,21,22). The first-order valence-corrected chi connectivity index (χ1v) is 8.71. The fourth-order valence-electron chi connectivity index (χ4n) is 2.34. The highest BCUT2D eigenvalue weighted by Gasteiger charge is 2.21. The van der Waals surface area contributed by atoms with Crippen LogP contribution >= 0.6 is 0 Å². The Balaban J connectivity index is 2.92. The Bertz CT molecular complexity index is 614. The third-order valence-electron chi connectivity index (χ3n) is 3.64. The number of carbonyl (C=O) groups excluding carboxylic acids is 2. The van der Waals surface area contributed by atoms with Crippen molar-refractivity contribution < 1.29 is 23.8 Å². The van der Waals surface area contributed by atoms with Crippen LogP contribution in [0, 0.1) is 0 Å². The Morgan fingerprint density at radius 2 is 1.85 bits per heavy atom. The molecule has 0 saturated heterocycles. The van der Waals surface area contributed by atoms with Crippen LogP contribution in [-0.2, 0) is 19.7 Å². The predicted molar refractivity (Wildman–Crippen MR) is 100 cm³/mol. The molecule has 0 radical (unpaired) electrons. The summed E-state index contributed by atoms with van der Waals surface area (Å²) in [5.74, 6) is 0.0128. The maximum absolute atomic E-state index is 12.0. The molecule has 1 aromatic rings. The topological polar surface area (TPSA) is 73.9 Å². The van der Waals surface area contributed by atoms with E-state index in [9.17, 15) is 9.59 Å². The average Bonchev–Trinajstić information content (AvgIpc) is 2.52. The lowest BCUT2D eigenvalue weighted by Crippen LogP contribution is -2.38. The zero-order chi connectivity index (χ0) is 20.0. The SMILES string of the molecule is COC(=O)c1ccc(C(C)(C)C)cc1OCCC(NC=O)OC(C)(C)C. The maximum atomic E-state index is 12.0. The van der Waals surface area contributed by atoms with Crippen molar-refractivity contribution in [3.05, 3.63) is 29.3 Å². The molecule has 0 heterocycles. The minimum atomic E-state index is -0.472. The van der Waals surface area contributed by atoms with E-state index in [4.69, 9.17) is 14.2 Å². The summed E-state index contributed by atoms with van der Waals surface area (Å²) in [7, 11) is 1.34. The van der Waals surface area contributed by atoms with Gasteiger partial charge in [-0.2, -0.15) is 0 Å². The molecule has 0 saturated carbocycles. The van der Waals surface area contributed by atoms with Crippen LogP contribution in [0.25, 0.3) is 0 Å². The average molecular weight is 365 g/mol. The number of esters is 1. The van der Waals surface area contributed by atoms with Crippen LogP contribution in [0.3, 0.4) is 0 Å². The molecule has 0 fully saturated rings. The lowest BCUT2D eigenvalue weighted by atomic mass is 9.86. The summed E-state index contributed by atoms with van der Waals surface area (Å²) in [4.78, 5) is 22.8. The van der Waals surface area contributed by atoms with Gasteiger partial charge in [-0.05, 0) is 43.9 Å². The number of ether oxygens (including phenoxy) is 3. The van der Waals surface area contributed by atoms with Crippen LogP contribution < -0.4 is 10.1 Å². The number of hydrogen-bond acceptors (Lipinski definition) is 5. The highest BCUT2D eigenvalue weighted by molar-refractivity contribution is 5.92. The lowest BCUT2D eigenvalue weighted by molar-refractivity contribution is -0.121. The van der Waals surface area contributed by atoms with Crippen LogP contribution in [0.4, 0.5) is 0 Å². The first kappa shape index (κ1) is 22.0. The molecule has 1 unspecified atom stereocenters. The summed E-state index contributed by atoms with van der Waals surface area (Å²) >= 11 is 0. The van der Waals surface area contributed by atoms with E-state index >= 15 is 0 Å². The fourth-order valence-corrected chi connectivity index (χ4v) is 2.34. The summed E-state index contributed by atoms with van der Waals surface area (Å²) in [6.07, 6.45) is 0.576. The maximum Gasteiger partial charge on any atom is 0.341 e. The van der Waals surface area contributed by atoms with Gasteiger partial charge in [0.15, 0.2) is 0 Å². The van der Waals surface area contributed by atoms with Crippen molar-refractivity contribution in [2.45, 2.75) is 65.2 Å². The molecule has 146 valence electrons. The molecular formula is C20H31NO5. The van der Waals surface area contributed by atoms with Gasteiger partial charge < -0.3 is 19.5 Å². The van der Waals surface area contributed by atoms with Gasteiger partial charge in [-0.1, -0.05) is 26.8 Å². The third kappa shape index (κ3) is 7.04. The second-order valence-corrected chi connectivity index (χ2v) is 8.09. The summed E-state index contributed by atoms with van der Waals surface area (Å²) in [5.41, 5.74) is 0.944. The summed E-state index contributed by atoms with van der Waals surface area (Å²) in [5, 5.41) is 2.64. The van der Waals surface area contributed by atoms with Crippen LogP contribution in [0.1, 0.15) is 63.9 Å². The number of benzene rings is 1. The smallest absolute Gasteiger partial charge is 0.341 e. The lowest BCUT2D eigenvalue weighted by Gasteiger charge is -2.27. The minimum absolute atomic E-state index is 0.0796. The molecule has 6 heteroatoms. The molecule has 0 aliphatic carbocycles. The van der Waals surface area contributed by atoms with Gasteiger partial charge in [-0.15, -0.1) is 0 Å². The largest absolute Gasteiger partial charge is 0.492 e. The van der Waals surface area contributed by atoms with Gasteiger partial charge in [0.05, 0.1) is 19.3 Å². The summed E-state index contributed by atoms with van der Waals surface area (Å²) < 4.78 is 16.5. The van der Waals surface area contributed by atoms with Crippen molar-refractivity contribution in [2.24, 2.45) is 0 Å². The molecule has 1 atom stereocenters. The highest BCUT2D eigenvalue weighted by atomic mass is 16.5. The monoisotopic (exact) mass is 365 g/mol. The third-order valence-corrected chi connectivity index (χ3v) is 3.64. The van der Waals surface area contributed by atoms with Crippen LogP contribution in [-0.4, -0.2) is 37.9 Å². The molecule has 0 aliphatic heterocycles. The Morgan fingerprint density at radius 1 is 1.19 bits per heavy atom. The Hall–Kier alpha value is -2.08. The zero-order valence-corrected chi connectivity index (χ0v) is 16.8. The van der Waals surface area contributed by atoms with Gasteiger partial charge in [-0.25, -0.2) is 4.79 Å². The van der Waals surface area contributed by atoms with Crippen molar-refractivity contribution in [1.29, 1.82) is 0 Å². The quantitative estimate of drug-likeness (QED) is 0.434. The van der Waals surface area contributed by atoms with Crippen molar-refractivity contribution >= 4 is 12.4 Å². The van der Waals surface area contributed by atoms with E-state index in [1.165, 1.54) is 7.11 Å². The molecule has 6 nitrogen and oxygen atoms in total. The molecule has 1 rings (SSSR count). The summed E-state index contributed by atoms with van der Waals surface area (Å²) in [6.45, 7) is 12.3. The highest BCUT2D eigenvalue weighted by Crippen LogP contribution is 2.29. The number of amides is 1. The van der Waals surface area contributed by atoms with E-state index in [1.54, 1.807) is 6.07 Å². The van der Waals surface area contributed by atoms with Crippen molar-refractivity contribution in [2.75, 3.05) is 13.7 Å². The number of nitrogens with one attached hydrogen (secondary N) is 1. The first-order chi connectivity index (χ1) is 12.0. The summed E-state index contributed by atoms with van der Waals surface area (Å²) in [6, 6.07) is 5.48. The number of methoxy groups -OCH3 is 1. The Labute approximate surface area is 156 Å². The fraction of sp³-hybridized carbons (Fsp3) is 0.600. The molecule has 0 spiro atoms. The Kier molecular flexibility index (Phi) is 7.63. The first-order valence-electron chi connectivity index (χ1n) is 8.71. The molecule has 0 aromatic heterocycles. The van der Waals surface area contributed by atoms with Crippen LogP contribution in [0.15, 0.2) is 18.2 Å². The second-order valence-electron chi connectivity index (χ2n) is 8.09. The molecular weight excluding hydrogens is 334 g/mol. The van der Waals surface area contributed by atoms with E-state index < -0.39 is 17.8 Å². The van der Waals surface area contributed by atoms with Crippen molar-refractivity contribution in [3.63, 3.8) is 0 Å². The predicted octanol–water partition coefficient (Wildman–Crippen LogP) is 3.43. The van der Waals surface area contributed by atoms with Gasteiger partial charge in [0.1, 0.15) is 17.5 Å². The van der Waals surface area contributed by atoms with Crippen LogP contribution in [0.2, 0.25) is 0 Å². The number of hydrogen-bond donors (Lipinski definition) is 1. The van der Waals surface area contributed by atoms with Gasteiger partial charge in [0.2, 0.25) is 6.41 Å². The number of carbonyl (C=O) groups is 2. The molecule has 1 amide bonds. The molecule has 26 heavy (non-hydrogen) atoms. The van der Waals surface area contributed by atoms with Gasteiger partial charge in [0.25, 0.3) is 0 Å². The van der Waals surface area contributed by atoms with Gasteiger partial charge in [-0.3, -0.25) is 4.79 Å². The molecule has 1 N–H and O–H groups in total. The Morgan fingerprint density at radius 3 is 2.35 bits per heavy atom. The van der Waals surface area contributed by atoms with E-state index in [-0.39, 0.29) is 12.0 Å². The second kappa shape index (κ2) is 9.03. The van der Waals surface area contributed by atoms with E-state index in [1.807, 2.05) is 32.9 Å². The van der Waals surface area contributed by atoms with E-state index in [0.717, 1.165) is 5.56 Å². The van der Waals surface area contributed by atoms with Gasteiger partial charge in [0, 0.05) is 6.42 Å². The van der Waals surface area contributed by atoms with E-state index in [2.05, 4.69) is 26.1 Å². The van der Waals surface area contributed by atoms with Gasteiger partial charge >= 0.3 is 5.97 Å². The van der Waals surface area contributed by atoms with E-state index in [0.29, 0.717) is 24.1 Å². The number of rotatable bonds is 8. The minimum Gasteiger partial charge on any atom is -0.492 e. The molecule has 1 aromatic carbocycles. The van der Waals surface area contributed by atoms with Crippen LogP contribution in [0.5, 0.6) is 5.75 Å². The zero-order valence-electron chi connectivity index (χ0n) is 16.8. The molecule has 0 bridgehead atoms.